The number of carbonyl (C=O) groups is 3. The minimum absolute atomic E-state index is 0.0762. The zero-order chi connectivity index (χ0) is 50.7. The Morgan fingerprint density at radius 3 is 0.871 bits per heavy atom. The first-order valence-corrected chi connectivity index (χ1v) is 29.9. The monoisotopic (exact) mass is 977 g/mol. The number of unbranched alkanes of at least 4 members (excludes halogenated alkanes) is 31. The number of allylic oxidation sites excluding steroid dienone is 12. The summed E-state index contributed by atoms with van der Waals surface area (Å²) in [4.78, 5) is 38.1. The average Bonchev–Trinajstić information content (AvgIpc) is 3.36. The molecule has 1 unspecified atom stereocenters. The SMILES string of the molecule is CC/C=C\C/C=C\C/C=C\C/C=C\C/C=C\C/C=C\CCCCCCCCC(=O)OCC(COC(=O)CCCCCCCCCCCC)OC(=O)CCCCCCCCCCCCCCCCCCC. The Balaban J connectivity index is 4.29. The van der Waals surface area contributed by atoms with E-state index in [9.17, 15) is 14.4 Å². The van der Waals surface area contributed by atoms with Crippen molar-refractivity contribution in [2.75, 3.05) is 13.2 Å². The molecule has 0 aromatic carbocycles. The second kappa shape index (κ2) is 58.4. The van der Waals surface area contributed by atoms with Crippen LogP contribution in [-0.2, 0) is 28.6 Å². The standard InChI is InChI=1S/C64H112O6/c1-4-7-10-13-16-19-22-24-26-28-29-30-31-32-33-34-35-37-38-40-42-45-48-51-54-57-63(66)69-60-61(59-68-62(65)56-53-50-47-44-21-18-15-12-9-6-3)70-64(67)58-55-52-49-46-43-41-39-36-27-25-23-20-17-14-11-8-5-2/h7,10,16,19,24,26,29-30,32-33,35,37,61H,4-6,8-9,11-15,17-18,20-23,25,27-28,31,34,36,38-60H2,1-3H3/b10-7-,19-16-,26-24-,30-29-,33-32-,37-35-. The number of ether oxygens (including phenoxy) is 3. The molecule has 0 aliphatic carbocycles. The van der Waals surface area contributed by atoms with Crippen LogP contribution < -0.4 is 0 Å². The summed E-state index contributed by atoms with van der Waals surface area (Å²) in [6, 6.07) is 0. The van der Waals surface area contributed by atoms with Gasteiger partial charge in [0.05, 0.1) is 0 Å². The van der Waals surface area contributed by atoms with E-state index in [-0.39, 0.29) is 31.1 Å². The average molecular weight is 978 g/mol. The molecule has 1 atom stereocenters. The largest absolute Gasteiger partial charge is 0.462 e. The molecule has 0 N–H and O–H groups in total. The molecule has 0 radical (unpaired) electrons. The Labute approximate surface area is 433 Å². The topological polar surface area (TPSA) is 78.9 Å². The van der Waals surface area contributed by atoms with Crippen LogP contribution in [0.2, 0.25) is 0 Å². The number of carbonyl (C=O) groups excluding carboxylic acids is 3. The van der Waals surface area contributed by atoms with Gasteiger partial charge in [-0.05, 0) is 70.6 Å². The summed E-state index contributed by atoms with van der Waals surface area (Å²) < 4.78 is 16.9. The summed E-state index contributed by atoms with van der Waals surface area (Å²) in [6.45, 7) is 6.53. The van der Waals surface area contributed by atoms with Crippen molar-refractivity contribution in [3.8, 4) is 0 Å². The van der Waals surface area contributed by atoms with Gasteiger partial charge >= 0.3 is 17.9 Å². The Kier molecular flexibility index (Phi) is 55.8. The Bertz CT molecular complexity index is 1310. The molecular weight excluding hydrogens is 865 g/mol. The highest BCUT2D eigenvalue weighted by molar-refractivity contribution is 5.71. The lowest BCUT2D eigenvalue weighted by molar-refractivity contribution is -0.167. The van der Waals surface area contributed by atoms with Crippen molar-refractivity contribution >= 4 is 17.9 Å². The van der Waals surface area contributed by atoms with Gasteiger partial charge < -0.3 is 14.2 Å². The highest BCUT2D eigenvalue weighted by Crippen LogP contribution is 2.16. The maximum Gasteiger partial charge on any atom is 0.306 e. The number of hydrogen-bond donors (Lipinski definition) is 0. The first-order valence-electron chi connectivity index (χ1n) is 29.9. The second-order valence-electron chi connectivity index (χ2n) is 19.9. The molecule has 0 spiro atoms. The molecule has 70 heavy (non-hydrogen) atoms. The first-order chi connectivity index (χ1) is 34.5. The summed E-state index contributed by atoms with van der Waals surface area (Å²) in [6.07, 6.45) is 74.7. The summed E-state index contributed by atoms with van der Waals surface area (Å²) in [7, 11) is 0. The predicted octanol–water partition coefficient (Wildman–Crippen LogP) is 20.2. The fraction of sp³-hybridized carbons (Fsp3) is 0.766. The van der Waals surface area contributed by atoms with E-state index in [1.54, 1.807) is 0 Å². The van der Waals surface area contributed by atoms with Crippen molar-refractivity contribution in [3.05, 3.63) is 72.9 Å². The Morgan fingerprint density at radius 2 is 0.557 bits per heavy atom. The molecule has 0 aromatic heterocycles. The van der Waals surface area contributed by atoms with Gasteiger partial charge in [0.25, 0.3) is 0 Å². The molecule has 404 valence electrons. The van der Waals surface area contributed by atoms with E-state index in [0.29, 0.717) is 19.3 Å². The third-order valence-electron chi connectivity index (χ3n) is 13.0. The third-order valence-corrected chi connectivity index (χ3v) is 13.0. The number of rotatable bonds is 54. The maximum atomic E-state index is 12.9. The normalized spacial score (nSPS) is 12.6. The predicted molar refractivity (Wildman–Crippen MR) is 302 cm³/mol. The van der Waals surface area contributed by atoms with E-state index in [2.05, 4.69) is 93.7 Å². The van der Waals surface area contributed by atoms with Gasteiger partial charge in [-0.1, -0.05) is 280 Å². The molecule has 0 aliphatic rings. The van der Waals surface area contributed by atoms with Crippen LogP contribution in [-0.4, -0.2) is 37.2 Å². The second-order valence-corrected chi connectivity index (χ2v) is 19.9. The van der Waals surface area contributed by atoms with E-state index in [0.717, 1.165) is 103 Å². The lowest BCUT2D eigenvalue weighted by Crippen LogP contribution is -2.30. The van der Waals surface area contributed by atoms with Gasteiger partial charge in [0, 0.05) is 19.3 Å². The molecule has 0 aliphatic heterocycles. The molecule has 0 rings (SSSR count). The van der Waals surface area contributed by atoms with Gasteiger partial charge in [0.2, 0.25) is 0 Å². The molecule has 0 saturated heterocycles. The molecule has 6 heteroatoms. The van der Waals surface area contributed by atoms with Crippen molar-refractivity contribution in [1.82, 2.24) is 0 Å². The van der Waals surface area contributed by atoms with Crippen LogP contribution in [0.25, 0.3) is 0 Å². The smallest absolute Gasteiger partial charge is 0.306 e. The van der Waals surface area contributed by atoms with Gasteiger partial charge in [-0.15, -0.1) is 0 Å². The van der Waals surface area contributed by atoms with Crippen LogP contribution in [0.15, 0.2) is 72.9 Å². The van der Waals surface area contributed by atoms with Gasteiger partial charge in [0.15, 0.2) is 6.10 Å². The van der Waals surface area contributed by atoms with E-state index >= 15 is 0 Å². The molecule has 0 fully saturated rings. The van der Waals surface area contributed by atoms with Crippen LogP contribution in [0.4, 0.5) is 0 Å². The molecule has 0 aromatic rings. The third kappa shape index (κ3) is 55.8. The molecule has 0 amide bonds. The molecular formula is C64H112O6. The lowest BCUT2D eigenvalue weighted by atomic mass is 10.0. The van der Waals surface area contributed by atoms with Crippen LogP contribution in [0.1, 0.15) is 297 Å². The van der Waals surface area contributed by atoms with Crippen LogP contribution in [0, 0.1) is 0 Å². The van der Waals surface area contributed by atoms with E-state index in [1.807, 2.05) is 0 Å². The maximum absolute atomic E-state index is 12.9. The zero-order valence-corrected chi connectivity index (χ0v) is 46.3. The van der Waals surface area contributed by atoms with Gasteiger partial charge in [-0.2, -0.15) is 0 Å². The van der Waals surface area contributed by atoms with Crippen LogP contribution >= 0.6 is 0 Å². The number of esters is 3. The molecule has 0 heterocycles. The fourth-order valence-corrected chi connectivity index (χ4v) is 8.51. The van der Waals surface area contributed by atoms with Crippen molar-refractivity contribution < 1.29 is 28.6 Å². The minimum atomic E-state index is -0.778. The highest BCUT2D eigenvalue weighted by atomic mass is 16.6. The van der Waals surface area contributed by atoms with E-state index in [4.69, 9.17) is 14.2 Å². The quantitative estimate of drug-likeness (QED) is 0.0261. The molecule has 0 saturated carbocycles. The van der Waals surface area contributed by atoms with Crippen LogP contribution in [0.3, 0.4) is 0 Å². The Hall–Kier alpha value is -3.15. The van der Waals surface area contributed by atoms with Crippen molar-refractivity contribution in [3.63, 3.8) is 0 Å². The van der Waals surface area contributed by atoms with Crippen molar-refractivity contribution in [1.29, 1.82) is 0 Å². The van der Waals surface area contributed by atoms with Gasteiger partial charge in [-0.25, -0.2) is 0 Å². The highest BCUT2D eigenvalue weighted by Gasteiger charge is 2.19. The zero-order valence-electron chi connectivity index (χ0n) is 46.3. The van der Waals surface area contributed by atoms with Crippen molar-refractivity contribution in [2.24, 2.45) is 0 Å². The van der Waals surface area contributed by atoms with Crippen molar-refractivity contribution in [2.45, 2.75) is 303 Å². The van der Waals surface area contributed by atoms with Crippen LogP contribution in [0.5, 0.6) is 0 Å². The molecule has 6 nitrogen and oxygen atoms in total. The minimum Gasteiger partial charge on any atom is -0.462 e. The molecule has 0 bridgehead atoms. The summed E-state index contributed by atoms with van der Waals surface area (Å²) in [5, 5.41) is 0. The van der Waals surface area contributed by atoms with E-state index in [1.165, 1.54) is 154 Å². The van der Waals surface area contributed by atoms with E-state index < -0.39 is 6.10 Å². The summed E-state index contributed by atoms with van der Waals surface area (Å²) >= 11 is 0. The number of hydrogen-bond acceptors (Lipinski definition) is 6. The lowest BCUT2D eigenvalue weighted by Gasteiger charge is -2.18. The summed E-state index contributed by atoms with van der Waals surface area (Å²) in [5.41, 5.74) is 0. The van der Waals surface area contributed by atoms with Gasteiger partial charge in [0.1, 0.15) is 13.2 Å². The summed E-state index contributed by atoms with van der Waals surface area (Å²) in [5.74, 6) is -0.880. The fourth-order valence-electron chi connectivity index (χ4n) is 8.51. The Morgan fingerprint density at radius 1 is 0.300 bits per heavy atom. The first kappa shape index (κ1) is 66.9. The van der Waals surface area contributed by atoms with Gasteiger partial charge in [-0.3, -0.25) is 14.4 Å².